The second kappa shape index (κ2) is 13.2. The fourth-order valence-corrected chi connectivity index (χ4v) is 8.61. The minimum Gasteiger partial charge on any atom is -0.409 e. The van der Waals surface area contributed by atoms with Gasteiger partial charge in [0.2, 0.25) is 10.0 Å². The molecule has 0 radical (unpaired) electrons. The van der Waals surface area contributed by atoms with Crippen LogP contribution in [0.25, 0.3) is 0 Å². The summed E-state index contributed by atoms with van der Waals surface area (Å²) < 4.78 is 37.2. The van der Waals surface area contributed by atoms with E-state index < -0.39 is 23.9 Å². The maximum atomic E-state index is 14.3. The summed E-state index contributed by atoms with van der Waals surface area (Å²) in [5.41, 5.74) is 1.45. The number of aliphatic hydroxyl groups excluding tert-OH is 1. The van der Waals surface area contributed by atoms with Crippen molar-refractivity contribution in [2.24, 2.45) is 0 Å². The highest BCUT2D eigenvalue weighted by Crippen LogP contribution is 2.45. The SMILES string of the molecule is CCCCCC[C@H](O)CCC1=CCCC[C@@]12C=C[C@H](O[Si](C)(C)C(C)(C)C)CN2S(=O)(=O)c1ccc(C)cc1. The van der Waals surface area contributed by atoms with Crippen LogP contribution in [0.3, 0.4) is 0 Å². The molecule has 39 heavy (non-hydrogen) atoms. The van der Waals surface area contributed by atoms with Crippen molar-refractivity contribution in [3.63, 3.8) is 0 Å². The van der Waals surface area contributed by atoms with E-state index in [9.17, 15) is 13.5 Å². The molecule has 0 amide bonds. The van der Waals surface area contributed by atoms with Gasteiger partial charge in [-0.1, -0.05) is 89.3 Å². The van der Waals surface area contributed by atoms with Gasteiger partial charge in [0.1, 0.15) is 0 Å². The summed E-state index contributed by atoms with van der Waals surface area (Å²) in [7, 11) is -5.90. The van der Waals surface area contributed by atoms with Crippen molar-refractivity contribution in [1.82, 2.24) is 4.31 Å². The van der Waals surface area contributed by atoms with Crippen molar-refractivity contribution in [2.75, 3.05) is 6.54 Å². The highest BCUT2D eigenvalue weighted by atomic mass is 32.2. The lowest BCUT2D eigenvalue weighted by molar-refractivity contribution is 0.128. The molecule has 1 N–H and O–H groups in total. The molecule has 1 aliphatic heterocycles. The molecular weight excluding hydrogens is 523 g/mol. The standard InChI is InChI=1S/C32H53NO4SSi/c1-8-9-10-11-15-28(34)19-18-27-14-12-13-23-32(27)24-22-29(37-39(6,7)31(3,4)5)25-33(32)38(35,36)30-20-16-26(2)17-21-30/h14,16-17,20-22,24,28-29,34H,8-13,15,18-19,23,25H2,1-7H3/t28-,29-,32+/m0/s1. The highest BCUT2D eigenvalue weighted by molar-refractivity contribution is 7.89. The Morgan fingerprint density at radius 3 is 2.46 bits per heavy atom. The molecule has 0 unspecified atom stereocenters. The van der Waals surface area contributed by atoms with E-state index in [1.54, 1.807) is 16.4 Å². The van der Waals surface area contributed by atoms with E-state index in [0.29, 0.717) is 24.3 Å². The number of allylic oxidation sites excluding steroid dienone is 1. The molecule has 7 heteroatoms. The van der Waals surface area contributed by atoms with Gasteiger partial charge in [-0.25, -0.2) is 8.42 Å². The Balaban J connectivity index is 1.95. The molecule has 3 atom stereocenters. The van der Waals surface area contributed by atoms with Crippen molar-refractivity contribution in [2.45, 2.75) is 140 Å². The summed E-state index contributed by atoms with van der Waals surface area (Å²) in [5.74, 6) is 0. The fraction of sp³-hybridized carbons (Fsp3) is 0.688. The number of hydrogen-bond acceptors (Lipinski definition) is 4. The minimum absolute atomic E-state index is 0.0276. The van der Waals surface area contributed by atoms with Crippen molar-refractivity contribution >= 4 is 18.3 Å². The lowest BCUT2D eigenvalue weighted by atomic mass is 9.75. The van der Waals surface area contributed by atoms with Gasteiger partial charge in [0.25, 0.3) is 0 Å². The summed E-state index contributed by atoms with van der Waals surface area (Å²) in [6.45, 7) is 15.5. The monoisotopic (exact) mass is 575 g/mol. The van der Waals surface area contributed by atoms with Gasteiger partial charge in [0.05, 0.1) is 22.6 Å². The topological polar surface area (TPSA) is 66.8 Å². The maximum absolute atomic E-state index is 14.3. The minimum atomic E-state index is -3.79. The molecule has 3 rings (SSSR count). The van der Waals surface area contributed by atoms with Crippen LogP contribution < -0.4 is 0 Å². The van der Waals surface area contributed by atoms with Gasteiger partial charge in [-0.15, -0.1) is 0 Å². The first-order chi connectivity index (χ1) is 18.2. The fourth-order valence-electron chi connectivity index (χ4n) is 5.57. The van der Waals surface area contributed by atoms with E-state index in [2.05, 4.69) is 59.0 Å². The summed E-state index contributed by atoms with van der Waals surface area (Å²) in [6, 6.07) is 7.20. The van der Waals surface area contributed by atoms with Crippen LogP contribution in [-0.2, 0) is 14.4 Å². The lowest BCUT2D eigenvalue weighted by Crippen LogP contribution is -2.59. The average Bonchev–Trinajstić information content (AvgIpc) is 2.86. The Labute approximate surface area is 239 Å². The average molecular weight is 576 g/mol. The van der Waals surface area contributed by atoms with Gasteiger partial charge >= 0.3 is 0 Å². The second-order valence-corrected chi connectivity index (χ2v) is 19.8. The van der Waals surface area contributed by atoms with Crippen molar-refractivity contribution in [3.05, 3.63) is 53.6 Å². The predicted octanol–water partition coefficient (Wildman–Crippen LogP) is 7.91. The quantitative estimate of drug-likeness (QED) is 0.156. The molecule has 0 saturated heterocycles. The molecule has 1 heterocycles. The zero-order valence-corrected chi connectivity index (χ0v) is 27.3. The van der Waals surface area contributed by atoms with Gasteiger partial charge < -0.3 is 9.53 Å². The number of aliphatic hydroxyl groups is 1. The lowest BCUT2D eigenvalue weighted by Gasteiger charge is -2.49. The Morgan fingerprint density at radius 1 is 1.13 bits per heavy atom. The second-order valence-electron chi connectivity index (χ2n) is 13.2. The Kier molecular flexibility index (Phi) is 10.9. The van der Waals surface area contributed by atoms with Crippen molar-refractivity contribution in [1.29, 1.82) is 0 Å². The Hall–Kier alpha value is -1.25. The third kappa shape index (κ3) is 7.73. The van der Waals surface area contributed by atoms with Crippen LogP contribution in [0, 0.1) is 6.92 Å². The van der Waals surface area contributed by atoms with Crippen molar-refractivity contribution in [3.8, 4) is 0 Å². The van der Waals surface area contributed by atoms with E-state index >= 15 is 0 Å². The number of rotatable bonds is 12. The first-order valence-electron chi connectivity index (χ1n) is 15.1. The molecule has 2 aliphatic rings. The number of benzene rings is 1. The molecule has 0 saturated carbocycles. The first kappa shape index (κ1) is 32.3. The number of nitrogens with zero attached hydrogens (tertiary/aromatic N) is 1. The largest absolute Gasteiger partial charge is 0.409 e. The number of sulfonamides is 1. The van der Waals surface area contributed by atoms with Crippen LogP contribution in [0.2, 0.25) is 18.1 Å². The molecule has 0 aromatic heterocycles. The van der Waals surface area contributed by atoms with Gasteiger partial charge in [-0.3, -0.25) is 0 Å². The smallest absolute Gasteiger partial charge is 0.244 e. The Morgan fingerprint density at radius 2 is 1.82 bits per heavy atom. The molecule has 220 valence electrons. The van der Waals surface area contributed by atoms with Gasteiger partial charge in [-0.05, 0) is 81.3 Å². The maximum Gasteiger partial charge on any atom is 0.244 e. The van der Waals surface area contributed by atoms with Gasteiger partial charge in [0.15, 0.2) is 8.32 Å². The van der Waals surface area contributed by atoms with E-state index in [4.69, 9.17) is 4.43 Å². The normalized spacial score (nSPS) is 23.7. The van der Waals surface area contributed by atoms with Crippen molar-refractivity contribution < 1.29 is 18.0 Å². The highest BCUT2D eigenvalue weighted by Gasteiger charge is 2.49. The van der Waals surface area contributed by atoms with Crippen LogP contribution in [0.1, 0.15) is 97.5 Å². The summed E-state index contributed by atoms with van der Waals surface area (Å²) >= 11 is 0. The first-order valence-corrected chi connectivity index (χ1v) is 19.4. The van der Waals surface area contributed by atoms with E-state index in [-0.39, 0.29) is 17.2 Å². The van der Waals surface area contributed by atoms with Crippen LogP contribution in [0.4, 0.5) is 0 Å². The number of aryl methyl sites for hydroxylation is 1. The molecule has 1 aliphatic carbocycles. The molecule has 0 fully saturated rings. The van der Waals surface area contributed by atoms with Gasteiger partial charge in [-0.2, -0.15) is 4.31 Å². The molecule has 0 bridgehead atoms. The third-order valence-corrected chi connectivity index (χ3v) is 15.5. The molecule has 1 aromatic rings. The van der Waals surface area contributed by atoms with Crippen LogP contribution in [0.15, 0.2) is 53.0 Å². The zero-order chi connectivity index (χ0) is 28.9. The summed E-state index contributed by atoms with van der Waals surface area (Å²) in [5, 5.41) is 10.8. The van der Waals surface area contributed by atoms with Crippen LogP contribution in [0.5, 0.6) is 0 Å². The van der Waals surface area contributed by atoms with Crippen LogP contribution in [-0.4, -0.2) is 50.4 Å². The van der Waals surface area contributed by atoms with E-state index in [1.807, 2.05) is 19.1 Å². The predicted molar refractivity (Wildman–Crippen MR) is 165 cm³/mol. The van der Waals surface area contributed by atoms with Crippen LogP contribution >= 0.6 is 0 Å². The number of hydrogen-bond donors (Lipinski definition) is 1. The van der Waals surface area contributed by atoms with E-state index in [1.165, 1.54) is 12.8 Å². The van der Waals surface area contributed by atoms with Gasteiger partial charge in [0, 0.05) is 6.54 Å². The summed E-state index contributed by atoms with van der Waals surface area (Å²) in [4.78, 5) is 0.328. The molecule has 1 spiro atoms. The molecule has 1 aromatic carbocycles. The summed E-state index contributed by atoms with van der Waals surface area (Å²) in [6.07, 6.45) is 15.2. The van der Waals surface area contributed by atoms with E-state index in [0.717, 1.165) is 49.7 Å². The zero-order valence-electron chi connectivity index (χ0n) is 25.5. The Bertz CT molecular complexity index is 1100. The third-order valence-electron chi connectivity index (χ3n) is 9.09. The number of unbranched alkanes of at least 4 members (excludes halogenated alkanes) is 3. The molecule has 5 nitrogen and oxygen atoms in total. The molecular formula is C32H53NO4SSi.